The van der Waals surface area contributed by atoms with Crippen LogP contribution in [0.15, 0.2) is 12.4 Å². The fraction of sp³-hybridized carbons (Fsp3) is 0.545. The molecule has 1 aromatic rings. The van der Waals surface area contributed by atoms with Crippen LogP contribution in [0.4, 0.5) is 0 Å². The molecule has 1 saturated heterocycles. The molecule has 0 bridgehead atoms. The Bertz CT molecular complexity index is 466. The van der Waals surface area contributed by atoms with E-state index in [1.165, 1.54) is 12.4 Å². The molecule has 17 heavy (non-hydrogen) atoms. The number of rotatable bonds is 1. The highest BCUT2D eigenvalue weighted by Gasteiger charge is 2.53. The van der Waals surface area contributed by atoms with Crippen LogP contribution in [-0.2, 0) is 9.31 Å². The number of hydrogen-bond donors (Lipinski definition) is 0. The maximum atomic E-state index is 8.98. The van der Waals surface area contributed by atoms with Crippen LogP contribution < -0.4 is 5.59 Å². The van der Waals surface area contributed by atoms with Crippen LogP contribution in [0.5, 0.6) is 0 Å². The van der Waals surface area contributed by atoms with Gasteiger partial charge in [-0.05, 0) is 27.7 Å². The van der Waals surface area contributed by atoms with Gasteiger partial charge in [-0.15, -0.1) is 0 Å². The van der Waals surface area contributed by atoms with Gasteiger partial charge in [-0.25, -0.2) is 4.98 Å². The summed E-state index contributed by atoms with van der Waals surface area (Å²) in [5, 5.41) is 8.98. The second kappa shape index (κ2) is 3.79. The molecule has 0 N–H and O–H groups in total. The largest absolute Gasteiger partial charge is 0.517 e. The Balaban J connectivity index is 2.36. The molecule has 0 aliphatic carbocycles. The predicted molar refractivity (Wildman–Crippen MR) is 62.5 cm³/mol. The molecule has 6 heteroatoms. The lowest BCUT2D eigenvalue weighted by molar-refractivity contribution is 0.00578. The molecule has 88 valence electrons. The van der Waals surface area contributed by atoms with E-state index in [1.54, 1.807) is 0 Å². The van der Waals surface area contributed by atoms with E-state index in [2.05, 4.69) is 9.97 Å². The number of hydrogen-bond acceptors (Lipinski definition) is 5. The van der Waals surface area contributed by atoms with Gasteiger partial charge in [-0.2, -0.15) is 5.26 Å². The lowest BCUT2D eigenvalue weighted by Crippen LogP contribution is -2.41. The van der Waals surface area contributed by atoms with Gasteiger partial charge in [0.15, 0.2) is 5.69 Å². The zero-order valence-corrected chi connectivity index (χ0v) is 10.4. The van der Waals surface area contributed by atoms with Crippen LogP contribution in [0.1, 0.15) is 33.4 Å². The van der Waals surface area contributed by atoms with Gasteiger partial charge in [0.05, 0.1) is 11.2 Å². The third-order valence-corrected chi connectivity index (χ3v) is 3.31. The minimum absolute atomic E-state index is 0.242. The van der Waals surface area contributed by atoms with Gasteiger partial charge in [-0.3, -0.25) is 4.98 Å². The molecule has 0 spiro atoms. The van der Waals surface area contributed by atoms with E-state index in [1.807, 2.05) is 33.8 Å². The molecule has 0 unspecified atom stereocenters. The molecule has 5 nitrogen and oxygen atoms in total. The van der Waals surface area contributed by atoms with Crippen molar-refractivity contribution in [2.45, 2.75) is 38.9 Å². The summed E-state index contributed by atoms with van der Waals surface area (Å²) >= 11 is 0. The molecule has 0 radical (unpaired) electrons. The third kappa shape index (κ3) is 1.92. The monoisotopic (exact) mass is 231 g/mol. The van der Waals surface area contributed by atoms with Gasteiger partial charge < -0.3 is 9.31 Å². The van der Waals surface area contributed by atoms with Crippen molar-refractivity contribution in [2.75, 3.05) is 0 Å². The molecule has 2 heterocycles. The van der Waals surface area contributed by atoms with Gasteiger partial charge in [0.2, 0.25) is 0 Å². The quantitative estimate of drug-likeness (QED) is 0.663. The lowest BCUT2D eigenvalue weighted by atomic mass is 9.83. The van der Waals surface area contributed by atoms with E-state index >= 15 is 0 Å². The van der Waals surface area contributed by atoms with Crippen LogP contribution in [0.25, 0.3) is 0 Å². The van der Waals surface area contributed by atoms with Gasteiger partial charge in [0, 0.05) is 12.4 Å². The fourth-order valence-electron chi connectivity index (χ4n) is 1.56. The van der Waals surface area contributed by atoms with Crippen LogP contribution in [0.3, 0.4) is 0 Å². The first-order valence-electron chi connectivity index (χ1n) is 5.44. The Kier molecular flexibility index (Phi) is 2.68. The molecule has 1 aliphatic rings. The van der Waals surface area contributed by atoms with E-state index in [9.17, 15) is 0 Å². The number of nitrogens with zero attached hydrogens (tertiary/aromatic N) is 3. The molecular weight excluding hydrogens is 217 g/mol. The van der Waals surface area contributed by atoms with E-state index < -0.39 is 18.3 Å². The third-order valence-electron chi connectivity index (χ3n) is 3.31. The number of aromatic nitrogens is 2. The van der Waals surface area contributed by atoms with Crippen LogP contribution in [-0.4, -0.2) is 28.3 Å². The second-order valence-corrected chi connectivity index (χ2v) is 4.99. The molecule has 1 aliphatic heterocycles. The first kappa shape index (κ1) is 12.0. The maximum Gasteiger partial charge on any atom is 0.517 e. The van der Waals surface area contributed by atoms with Crippen LogP contribution in [0, 0.1) is 11.3 Å². The van der Waals surface area contributed by atoms with E-state index in [0.717, 1.165) is 0 Å². The summed E-state index contributed by atoms with van der Waals surface area (Å²) in [7, 11) is -0.636. The Morgan fingerprint density at radius 3 is 2.18 bits per heavy atom. The standard InChI is InChI=1S/C11H14BN3O2/c1-10(2)11(3,4)17-12(16-10)9-8(7-13)14-5-6-15-9/h5-6H,1-4H3. The minimum Gasteiger partial charge on any atom is -0.398 e. The Labute approximate surface area is 101 Å². The van der Waals surface area contributed by atoms with Crippen molar-refractivity contribution in [3.8, 4) is 6.07 Å². The van der Waals surface area contributed by atoms with E-state index in [4.69, 9.17) is 14.6 Å². The summed E-state index contributed by atoms with van der Waals surface area (Å²) in [4.78, 5) is 8.08. The molecule has 0 aromatic carbocycles. The van der Waals surface area contributed by atoms with Crippen molar-refractivity contribution in [3.63, 3.8) is 0 Å². The zero-order valence-electron chi connectivity index (χ0n) is 10.4. The van der Waals surface area contributed by atoms with Crippen molar-refractivity contribution in [1.29, 1.82) is 5.26 Å². The maximum absolute atomic E-state index is 8.98. The van der Waals surface area contributed by atoms with Gasteiger partial charge in [0.1, 0.15) is 11.7 Å². The van der Waals surface area contributed by atoms with Crippen LogP contribution in [0.2, 0.25) is 0 Å². The molecular formula is C11H14BN3O2. The van der Waals surface area contributed by atoms with E-state index in [0.29, 0.717) is 5.59 Å². The molecule has 0 atom stereocenters. The molecule has 0 amide bonds. The Morgan fingerprint density at radius 1 is 1.12 bits per heavy atom. The normalized spacial score (nSPS) is 21.2. The summed E-state index contributed by atoms with van der Waals surface area (Å²) in [5.74, 6) is 0. The average molecular weight is 231 g/mol. The van der Waals surface area contributed by atoms with Crippen LogP contribution >= 0.6 is 0 Å². The topological polar surface area (TPSA) is 68.0 Å². The number of nitriles is 1. The van der Waals surface area contributed by atoms with Crippen molar-refractivity contribution >= 4 is 12.7 Å². The highest BCUT2D eigenvalue weighted by molar-refractivity contribution is 6.61. The highest BCUT2D eigenvalue weighted by Crippen LogP contribution is 2.36. The van der Waals surface area contributed by atoms with Gasteiger partial charge in [0.25, 0.3) is 0 Å². The predicted octanol–water partition coefficient (Wildman–Crippen LogP) is 0.647. The van der Waals surface area contributed by atoms with Gasteiger partial charge >= 0.3 is 7.12 Å². The molecule has 1 fully saturated rings. The summed E-state index contributed by atoms with van der Waals surface area (Å²) in [5.41, 5.74) is -0.205. The summed E-state index contributed by atoms with van der Waals surface area (Å²) in [6.45, 7) is 7.82. The minimum atomic E-state index is -0.636. The SMILES string of the molecule is CC1(C)OB(c2nccnc2C#N)OC1(C)C. The van der Waals surface area contributed by atoms with Crippen molar-refractivity contribution < 1.29 is 9.31 Å². The average Bonchev–Trinajstić information content (AvgIpc) is 2.48. The van der Waals surface area contributed by atoms with E-state index in [-0.39, 0.29) is 5.69 Å². The molecule has 1 aromatic heterocycles. The van der Waals surface area contributed by atoms with Crippen molar-refractivity contribution in [1.82, 2.24) is 9.97 Å². The fourth-order valence-corrected chi connectivity index (χ4v) is 1.56. The molecule has 2 rings (SSSR count). The second-order valence-electron chi connectivity index (χ2n) is 4.99. The molecule has 0 saturated carbocycles. The van der Waals surface area contributed by atoms with Crippen molar-refractivity contribution in [3.05, 3.63) is 18.1 Å². The first-order valence-corrected chi connectivity index (χ1v) is 5.44. The summed E-state index contributed by atoms with van der Waals surface area (Å²) in [6.07, 6.45) is 3.01. The lowest BCUT2D eigenvalue weighted by Gasteiger charge is -2.32. The summed E-state index contributed by atoms with van der Waals surface area (Å²) in [6, 6.07) is 1.99. The summed E-state index contributed by atoms with van der Waals surface area (Å²) < 4.78 is 11.6. The smallest absolute Gasteiger partial charge is 0.398 e. The Hall–Kier alpha value is -1.45. The highest BCUT2D eigenvalue weighted by atomic mass is 16.7. The zero-order chi connectivity index (χ0) is 12.7. The first-order chi connectivity index (χ1) is 7.87. The van der Waals surface area contributed by atoms with Crippen molar-refractivity contribution in [2.24, 2.45) is 0 Å². The van der Waals surface area contributed by atoms with Gasteiger partial charge in [-0.1, -0.05) is 0 Å². The Morgan fingerprint density at radius 2 is 1.65 bits per heavy atom.